The van der Waals surface area contributed by atoms with Gasteiger partial charge in [0.2, 0.25) is 0 Å². The normalized spacial score (nSPS) is 20.5. The van der Waals surface area contributed by atoms with Gasteiger partial charge in [-0.2, -0.15) is 0 Å². The van der Waals surface area contributed by atoms with Gasteiger partial charge in [-0.15, -0.1) is 0 Å². The van der Waals surface area contributed by atoms with E-state index in [1.807, 2.05) is 11.9 Å². The monoisotopic (exact) mass is 526 g/mol. The van der Waals surface area contributed by atoms with E-state index in [-0.39, 0.29) is 36.2 Å². The fourth-order valence-corrected chi connectivity index (χ4v) is 5.79. The number of amides is 3. The molecule has 0 radical (unpaired) electrons. The van der Waals surface area contributed by atoms with Crippen LogP contribution in [0, 0.1) is 17.7 Å². The Bertz CT molecular complexity index is 835. The first-order valence-electron chi connectivity index (χ1n) is 13.1. The number of carbonyl (C=O) groups excluding carboxylic acids is 1. The van der Waals surface area contributed by atoms with Gasteiger partial charge >= 0.3 is 12.1 Å². The third kappa shape index (κ3) is 9.09. The van der Waals surface area contributed by atoms with Crippen LogP contribution in [-0.2, 0) is 4.74 Å². The summed E-state index contributed by atoms with van der Waals surface area (Å²) in [5, 5.41) is 17.8. The van der Waals surface area contributed by atoms with Crippen molar-refractivity contribution in [1.82, 2.24) is 20.9 Å². The number of hydrogen-bond donors (Lipinski definition) is 4. The number of benzene rings is 1. The summed E-state index contributed by atoms with van der Waals surface area (Å²) in [7, 11) is 1.90. The predicted molar refractivity (Wildman–Crippen MR) is 138 cm³/mol. The van der Waals surface area contributed by atoms with E-state index >= 15 is 0 Å². The van der Waals surface area contributed by atoms with Gasteiger partial charge in [0.15, 0.2) is 0 Å². The molecule has 3 rings (SSSR count). The molecule has 1 aliphatic carbocycles. The number of nitrogens with one attached hydrogen (secondary N) is 3. The molecule has 1 aromatic rings. The Morgan fingerprint density at radius 2 is 1.97 bits per heavy atom. The van der Waals surface area contributed by atoms with E-state index in [4.69, 9.17) is 21.4 Å². The first-order valence-corrected chi connectivity index (χ1v) is 13.5. The molecule has 1 aliphatic heterocycles. The maximum Gasteiger partial charge on any atom is 0.404 e. The Morgan fingerprint density at radius 3 is 2.67 bits per heavy atom. The molecule has 10 heteroatoms. The van der Waals surface area contributed by atoms with Crippen LogP contribution in [0.3, 0.4) is 0 Å². The highest BCUT2D eigenvalue weighted by Gasteiger charge is 2.32. The Hall–Kier alpha value is -2.10. The van der Waals surface area contributed by atoms with E-state index in [9.17, 15) is 14.0 Å². The Balaban J connectivity index is 1.65. The summed E-state index contributed by atoms with van der Waals surface area (Å²) in [6, 6.07) is 4.30. The van der Waals surface area contributed by atoms with Crippen molar-refractivity contribution in [3.05, 3.63) is 34.6 Å². The van der Waals surface area contributed by atoms with Gasteiger partial charge in [0, 0.05) is 43.2 Å². The lowest BCUT2D eigenvalue weighted by molar-refractivity contribution is -0.00866. The molecule has 3 amide bonds. The van der Waals surface area contributed by atoms with E-state index in [1.54, 1.807) is 6.07 Å². The molecule has 1 saturated heterocycles. The van der Waals surface area contributed by atoms with Crippen molar-refractivity contribution < 1.29 is 23.8 Å². The molecular formula is C26H40ClFN4O4. The van der Waals surface area contributed by atoms with Crippen molar-refractivity contribution in [1.29, 1.82) is 0 Å². The summed E-state index contributed by atoms with van der Waals surface area (Å²) in [6.45, 7) is 2.07. The van der Waals surface area contributed by atoms with Crippen LogP contribution in [0.15, 0.2) is 18.2 Å². The van der Waals surface area contributed by atoms with Gasteiger partial charge < -0.3 is 30.7 Å². The summed E-state index contributed by atoms with van der Waals surface area (Å²) in [4.78, 5) is 25.9. The Morgan fingerprint density at radius 1 is 1.19 bits per heavy atom. The van der Waals surface area contributed by atoms with Crippen molar-refractivity contribution in [2.45, 2.75) is 63.5 Å². The maximum atomic E-state index is 14.2. The quantitative estimate of drug-likeness (QED) is 0.311. The van der Waals surface area contributed by atoms with Crippen LogP contribution in [0.4, 0.5) is 14.0 Å². The average molecular weight is 527 g/mol. The number of carbonyl (C=O) groups is 2. The molecule has 1 heterocycles. The van der Waals surface area contributed by atoms with Gasteiger partial charge in [0.1, 0.15) is 5.82 Å². The van der Waals surface area contributed by atoms with Crippen LogP contribution in [0.5, 0.6) is 0 Å². The number of rotatable bonds is 11. The lowest BCUT2D eigenvalue weighted by atomic mass is 9.85. The van der Waals surface area contributed by atoms with Crippen LogP contribution in [0.25, 0.3) is 0 Å². The number of hydrogen-bond acceptors (Lipinski definition) is 4. The Kier molecular flexibility index (Phi) is 11.5. The molecular weight excluding hydrogens is 487 g/mol. The maximum absolute atomic E-state index is 14.2. The van der Waals surface area contributed by atoms with Crippen LogP contribution < -0.4 is 16.0 Å². The molecule has 3 atom stereocenters. The number of likely N-dealkylation sites (N-methyl/N-ethyl adjacent to an activating group) is 1. The second-order valence-corrected chi connectivity index (χ2v) is 10.5. The summed E-state index contributed by atoms with van der Waals surface area (Å²) >= 11 is 6.12. The van der Waals surface area contributed by atoms with Gasteiger partial charge in [-0.3, -0.25) is 0 Å². The van der Waals surface area contributed by atoms with Crippen molar-refractivity contribution >= 4 is 23.7 Å². The number of nitrogens with zero attached hydrogens (tertiary/aromatic N) is 1. The first-order chi connectivity index (χ1) is 17.4. The van der Waals surface area contributed by atoms with Gasteiger partial charge in [-0.1, -0.05) is 43.7 Å². The van der Waals surface area contributed by atoms with E-state index in [0.717, 1.165) is 25.8 Å². The SMILES string of the molecule is CNCC(CC1CCCCC1)NC(=O)N1CCCC(C(OCCNC(=O)O)c2cc(F)cc(Cl)c2)C1. The molecule has 0 spiro atoms. The lowest BCUT2D eigenvalue weighted by Crippen LogP contribution is -2.52. The summed E-state index contributed by atoms with van der Waals surface area (Å²) in [6.07, 6.45) is 7.24. The number of urea groups is 1. The van der Waals surface area contributed by atoms with Gasteiger partial charge in [-0.25, -0.2) is 14.0 Å². The fourth-order valence-electron chi connectivity index (χ4n) is 5.56. The highest BCUT2D eigenvalue weighted by atomic mass is 35.5. The summed E-state index contributed by atoms with van der Waals surface area (Å²) < 4.78 is 20.2. The lowest BCUT2D eigenvalue weighted by Gasteiger charge is -2.38. The number of likely N-dealkylation sites (tertiary alicyclic amines) is 1. The predicted octanol–water partition coefficient (Wildman–Crippen LogP) is 4.78. The second kappa shape index (κ2) is 14.6. The second-order valence-electron chi connectivity index (χ2n) is 10.0. The molecule has 36 heavy (non-hydrogen) atoms. The topological polar surface area (TPSA) is 103 Å². The van der Waals surface area contributed by atoms with E-state index < -0.39 is 18.0 Å². The molecule has 4 N–H and O–H groups in total. The molecule has 8 nitrogen and oxygen atoms in total. The van der Waals surface area contributed by atoms with Crippen LogP contribution in [-0.4, -0.2) is 68.0 Å². The summed E-state index contributed by atoms with van der Waals surface area (Å²) in [5.74, 6) is 0.118. The van der Waals surface area contributed by atoms with Crippen molar-refractivity contribution in [3.63, 3.8) is 0 Å². The van der Waals surface area contributed by atoms with Gasteiger partial charge in [0.25, 0.3) is 0 Å². The first kappa shape index (κ1) is 28.5. The standard InChI is InChI=1S/C26H40ClFN4O4/c1-29-16-23(12-18-6-3-2-4-7-18)31-25(33)32-10-5-8-19(17-32)24(36-11-9-30-26(34)35)20-13-21(27)15-22(28)14-20/h13-15,18-19,23-24,29-30H,2-12,16-17H2,1H3,(H,31,33)(H,34,35). The summed E-state index contributed by atoms with van der Waals surface area (Å²) in [5.41, 5.74) is 0.591. The molecule has 0 bridgehead atoms. The van der Waals surface area contributed by atoms with Gasteiger partial charge in [0.05, 0.1) is 12.7 Å². The van der Waals surface area contributed by atoms with Crippen LogP contribution in [0.2, 0.25) is 5.02 Å². The largest absolute Gasteiger partial charge is 0.465 e. The fraction of sp³-hybridized carbons (Fsp3) is 0.692. The van der Waals surface area contributed by atoms with Crippen molar-refractivity contribution in [2.24, 2.45) is 11.8 Å². The number of halogens is 2. The minimum absolute atomic E-state index is 0.0714. The van der Waals surface area contributed by atoms with E-state index in [2.05, 4.69) is 16.0 Å². The molecule has 3 unspecified atom stereocenters. The minimum Gasteiger partial charge on any atom is -0.465 e. The van der Waals surface area contributed by atoms with E-state index in [0.29, 0.717) is 24.6 Å². The van der Waals surface area contributed by atoms with E-state index in [1.165, 1.54) is 44.2 Å². The smallest absolute Gasteiger partial charge is 0.404 e. The van der Waals surface area contributed by atoms with Crippen molar-refractivity contribution in [2.75, 3.05) is 39.8 Å². The third-order valence-electron chi connectivity index (χ3n) is 7.18. The van der Waals surface area contributed by atoms with Crippen molar-refractivity contribution in [3.8, 4) is 0 Å². The molecule has 2 fully saturated rings. The molecule has 1 saturated carbocycles. The zero-order valence-corrected chi connectivity index (χ0v) is 21.9. The highest BCUT2D eigenvalue weighted by Crippen LogP contribution is 2.34. The minimum atomic E-state index is -1.13. The van der Waals surface area contributed by atoms with Crippen LogP contribution in [0.1, 0.15) is 63.0 Å². The van der Waals surface area contributed by atoms with Crippen LogP contribution >= 0.6 is 11.6 Å². The third-order valence-corrected chi connectivity index (χ3v) is 7.40. The Labute approximate surface area is 218 Å². The molecule has 202 valence electrons. The number of carboxylic acid groups (broad SMARTS) is 1. The molecule has 0 aromatic heterocycles. The number of ether oxygens (including phenoxy) is 1. The molecule has 1 aromatic carbocycles. The zero-order valence-electron chi connectivity index (χ0n) is 21.1. The average Bonchev–Trinajstić information content (AvgIpc) is 2.84. The number of piperidine rings is 1. The highest BCUT2D eigenvalue weighted by molar-refractivity contribution is 6.30. The molecule has 2 aliphatic rings. The van der Waals surface area contributed by atoms with Gasteiger partial charge in [-0.05, 0) is 56.0 Å². The zero-order chi connectivity index (χ0) is 25.9.